The Kier molecular flexibility index (Phi) is 3.75. The van der Waals surface area contributed by atoms with E-state index in [0.29, 0.717) is 5.92 Å². The summed E-state index contributed by atoms with van der Waals surface area (Å²) in [6.45, 7) is 8.07. The normalized spacial score (nSPS) is 10.3. The van der Waals surface area contributed by atoms with E-state index in [0.717, 1.165) is 12.2 Å². The van der Waals surface area contributed by atoms with E-state index in [-0.39, 0.29) is 0 Å². The Morgan fingerprint density at radius 2 is 2.14 bits per heavy atom. The fourth-order valence-electron chi connectivity index (χ4n) is 1.53. The van der Waals surface area contributed by atoms with Crippen LogP contribution < -0.4 is 4.74 Å². The predicted octanol–water partition coefficient (Wildman–Crippen LogP) is 3.55. The molecule has 0 aliphatic carbocycles. The largest absolute Gasteiger partial charge is 0.496 e. The van der Waals surface area contributed by atoms with Crippen LogP contribution in [-0.2, 0) is 6.42 Å². The molecule has 1 rings (SSSR count). The van der Waals surface area contributed by atoms with Gasteiger partial charge in [-0.25, -0.2) is 0 Å². The average molecular weight is 190 g/mol. The second kappa shape index (κ2) is 4.85. The number of ether oxygens (including phenoxy) is 1. The van der Waals surface area contributed by atoms with Gasteiger partial charge >= 0.3 is 0 Å². The van der Waals surface area contributed by atoms with E-state index in [1.807, 2.05) is 6.08 Å². The van der Waals surface area contributed by atoms with Gasteiger partial charge in [0.05, 0.1) is 7.11 Å². The first kappa shape index (κ1) is 10.8. The number of benzene rings is 1. The van der Waals surface area contributed by atoms with Gasteiger partial charge in [-0.3, -0.25) is 0 Å². The predicted molar refractivity (Wildman–Crippen MR) is 61.0 cm³/mol. The Bertz CT molecular complexity index is 313. The Labute approximate surface area is 86.4 Å². The quantitative estimate of drug-likeness (QED) is 0.660. The first-order valence-electron chi connectivity index (χ1n) is 4.96. The number of hydrogen-bond acceptors (Lipinski definition) is 1. The van der Waals surface area contributed by atoms with Gasteiger partial charge in [-0.2, -0.15) is 0 Å². The highest BCUT2D eigenvalue weighted by molar-refractivity contribution is 5.39. The Morgan fingerprint density at radius 1 is 1.43 bits per heavy atom. The Balaban J connectivity index is 3.04. The van der Waals surface area contributed by atoms with Crippen molar-refractivity contribution in [2.45, 2.75) is 26.2 Å². The lowest BCUT2D eigenvalue weighted by atomic mass is 9.99. The first-order chi connectivity index (χ1) is 6.69. The maximum Gasteiger partial charge on any atom is 0.122 e. The molecule has 1 aromatic rings. The molecular formula is C13H18O. The number of allylic oxidation sites excluding steroid dienone is 1. The summed E-state index contributed by atoms with van der Waals surface area (Å²) < 4.78 is 5.36. The van der Waals surface area contributed by atoms with Crippen LogP contribution in [0.5, 0.6) is 5.75 Å². The summed E-state index contributed by atoms with van der Waals surface area (Å²) >= 11 is 0. The zero-order valence-electron chi connectivity index (χ0n) is 9.21. The zero-order chi connectivity index (χ0) is 10.6. The molecule has 0 spiro atoms. The van der Waals surface area contributed by atoms with Gasteiger partial charge in [0, 0.05) is 0 Å². The van der Waals surface area contributed by atoms with Crippen molar-refractivity contribution in [3.05, 3.63) is 42.0 Å². The van der Waals surface area contributed by atoms with Crippen molar-refractivity contribution in [3.63, 3.8) is 0 Å². The molecule has 0 aliphatic heterocycles. The maximum atomic E-state index is 5.36. The molecule has 0 aromatic heterocycles. The lowest BCUT2D eigenvalue weighted by molar-refractivity contribution is 0.407. The number of rotatable bonds is 4. The summed E-state index contributed by atoms with van der Waals surface area (Å²) in [4.78, 5) is 0. The molecule has 0 saturated carbocycles. The standard InChI is InChI=1S/C13H18O/c1-5-6-11-7-8-12(10(2)3)13(9-11)14-4/h5,7-10H,1,6H2,2-4H3. The van der Waals surface area contributed by atoms with Gasteiger partial charge in [-0.1, -0.05) is 32.1 Å². The van der Waals surface area contributed by atoms with E-state index in [2.05, 4.69) is 38.6 Å². The van der Waals surface area contributed by atoms with Crippen LogP contribution in [0.25, 0.3) is 0 Å². The lowest BCUT2D eigenvalue weighted by Crippen LogP contribution is -1.95. The van der Waals surface area contributed by atoms with Crippen molar-refractivity contribution in [2.75, 3.05) is 7.11 Å². The highest BCUT2D eigenvalue weighted by Crippen LogP contribution is 2.27. The highest BCUT2D eigenvalue weighted by Gasteiger charge is 2.06. The summed E-state index contributed by atoms with van der Waals surface area (Å²) in [5.41, 5.74) is 2.52. The number of hydrogen-bond donors (Lipinski definition) is 0. The van der Waals surface area contributed by atoms with Gasteiger partial charge in [0.1, 0.15) is 5.75 Å². The molecule has 1 nitrogen and oxygen atoms in total. The molecule has 0 aliphatic rings. The fourth-order valence-corrected chi connectivity index (χ4v) is 1.53. The molecule has 0 N–H and O–H groups in total. The first-order valence-corrected chi connectivity index (χ1v) is 4.96. The molecule has 14 heavy (non-hydrogen) atoms. The van der Waals surface area contributed by atoms with Crippen molar-refractivity contribution in [2.24, 2.45) is 0 Å². The average Bonchev–Trinajstić information content (AvgIpc) is 2.17. The van der Waals surface area contributed by atoms with Crippen LogP contribution in [0, 0.1) is 0 Å². The monoisotopic (exact) mass is 190 g/mol. The van der Waals surface area contributed by atoms with Crippen molar-refractivity contribution in [3.8, 4) is 5.75 Å². The third-order valence-corrected chi connectivity index (χ3v) is 2.30. The van der Waals surface area contributed by atoms with Gasteiger partial charge in [0.2, 0.25) is 0 Å². The molecule has 0 fully saturated rings. The minimum Gasteiger partial charge on any atom is -0.496 e. The SMILES string of the molecule is C=CCc1ccc(C(C)C)c(OC)c1. The van der Waals surface area contributed by atoms with Crippen molar-refractivity contribution >= 4 is 0 Å². The van der Waals surface area contributed by atoms with Gasteiger partial charge in [-0.15, -0.1) is 6.58 Å². The highest BCUT2D eigenvalue weighted by atomic mass is 16.5. The van der Waals surface area contributed by atoms with E-state index in [4.69, 9.17) is 4.74 Å². The second-order valence-corrected chi connectivity index (χ2v) is 3.72. The van der Waals surface area contributed by atoms with Crippen LogP contribution in [0.3, 0.4) is 0 Å². The third kappa shape index (κ3) is 2.38. The van der Waals surface area contributed by atoms with E-state index >= 15 is 0 Å². The van der Waals surface area contributed by atoms with E-state index in [1.165, 1.54) is 11.1 Å². The van der Waals surface area contributed by atoms with Crippen LogP contribution in [0.4, 0.5) is 0 Å². The van der Waals surface area contributed by atoms with Crippen LogP contribution in [-0.4, -0.2) is 7.11 Å². The Hall–Kier alpha value is -1.24. The minimum atomic E-state index is 0.503. The molecule has 76 valence electrons. The lowest BCUT2D eigenvalue weighted by Gasteiger charge is -2.12. The maximum absolute atomic E-state index is 5.36. The van der Waals surface area contributed by atoms with Crippen LogP contribution in [0.15, 0.2) is 30.9 Å². The molecule has 1 heteroatoms. The van der Waals surface area contributed by atoms with Crippen molar-refractivity contribution in [1.82, 2.24) is 0 Å². The Morgan fingerprint density at radius 3 is 2.64 bits per heavy atom. The van der Waals surface area contributed by atoms with Crippen molar-refractivity contribution < 1.29 is 4.74 Å². The third-order valence-electron chi connectivity index (χ3n) is 2.30. The fraction of sp³-hybridized carbons (Fsp3) is 0.385. The van der Waals surface area contributed by atoms with E-state index < -0.39 is 0 Å². The summed E-state index contributed by atoms with van der Waals surface area (Å²) in [5.74, 6) is 1.49. The van der Waals surface area contributed by atoms with Crippen LogP contribution >= 0.6 is 0 Å². The van der Waals surface area contributed by atoms with E-state index in [1.54, 1.807) is 7.11 Å². The molecule has 0 unspecified atom stereocenters. The smallest absolute Gasteiger partial charge is 0.122 e. The molecule has 1 aromatic carbocycles. The summed E-state index contributed by atoms with van der Waals surface area (Å²) in [6, 6.07) is 6.37. The van der Waals surface area contributed by atoms with Gasteiger partial charge in [-0.05, 0) is 29.5 Å². The molecule has 0 radical (unpaired) electrons. The summed E-state index contributed by atoms with van der Waals surface area (Å²) in [6.07, 6.45) is 2.80. The minimum absolute atomic E-state index is 0.503. The van der Waals surface area contributed by atoms with Gasteiger partial charge < -0.3 is 4.74 Å². The molecule has 0 atom stereocenters. The molecular weight excluding hydrogens is 172 g/mol. The zero-order valence-corrected chi connectivity index (χ0v) is 9.21. The molecule has 0 bridgehead atoms. The van der Waals surface area contributed by atoms with Crippen LogP contribution in [0.2, 0.25) is 0 Å². The van der Waals surface area contributed by atoms with Gasteiger partial charge in [0.15, 0.2) is 0 Å². The topological polar surface area (TPSA) is 9.23 Å². The second-order valence-electron chi connectivity index (χ2n) is 3.72. The molecule has 0 heterocycles. The summed E-state index contributed by atoms with van der Waals surface area (Å²) in [7, 11) is 1.72. The van der Waals surface area contributed by atoms with Crippen molar-refractivity contribution in [1.29, 1.82) is 0 Å². The molecule has 0 saturated heterocycles. The van der Waals surface area contributed by atoms with Gasteiger partial charge in [0.25, 0.3) is 0 Å². The molecule has 0 amide bonds. The van der Waals surface area contributed by atoms with Crippen LogP contribution in [0.1, 0.15) is 30.9 Å². The summed E-state index contributed by atoms with van der Waals surface area (Å²) in [5, 5.41) is 0. The van der Waals surface area contributed by atoms with E-state index in [9.17, 15) is 0 Å². The number of methoxy groups -OCH3 is 1.